The molecule has 6 nitrogen and oxygen atoms in total. The summed E-state index contributed by atoms with van der Waals surface area (Å²) in [7, 11) is 0. The van der Waals surface area contributed by atoms with Crippen molar-refractivity contribution in [1.82, 2.24) is 9.80 Å². The second kappa shape index (κ2) is 9.81. The standard InChI is InChI=1S/C24H28ClN3O3/c1-2-15-31-21-9-7-20(8-10-21)28-23(29)16-22(24(28)30)27-13-11-26(12-14-27)17-18-3-5-19(25)6-4-18/h3-10,22H,2,11-17H2,1H3. The van der Waals surface area contributed by atoms with Crippen molar-refractivity contribution in [1.29, 1.82) is 0 Å². The second-order valence-corrected chi connectivity index (χ2v) is 8.50. The maximum atomic E-state index is 13.1. The Kier molecular flexibility index (Phi) is 6.90. The Bertz CT molecular complexity index is 909. The molecule has 0 aliphatic carbocycles. The van der Waals surface area contributed by atoms with Gasteiger partial charge in [0.15, 0.2) is 0 Å². The van der Waals surface area contributed by atoms with Gasteiger partial charge < -0.3 is 4.74 Å². The third-order valence-electron chi connectivity index (χ3n) is 5.86. The lowest BCUT2D eigenvalue weighted by Gasteiger charge is -2.37. The van der Waals surface area contributed by atoms with E-state index in [0.29, 0.717) is 12.3 Å². The maximum Gasteiger partial charge on any atom is 0.251 e. The van der Waals surface area contributed by atoms with Crippen LogP contribution in [0, 0.1) is 0 Å². The average Bonchev–Trinajstić information content (AvgIpc) is 3.09. The predicted molar refractivity (Wildman–Crippen MR) is 121 cm³/mol. The van der Waals surface area contributed by atoms with Gasteiger partial charge in [-0.1, -0.05) is 30.7 Å². The first kappa shape index (κ1) is 21.8. The molecule has 2 saturated heterocycles. The predicted octanol–water partition coefficient (Wildman–Crippen LogP) is 3.58. The molecule has 0 radical (unpaired) electrons. The molecular weight excluding hydrogens is 414 g/mol. The number of benzene rings is 2. The highest BCUT2D eigenvalue weighted by Gasteiger charge is 2.43. The van der Waals surface area contributed by atoms with E-state index in [1.54, 1.807) is 12.1 Å². The lowest BCUT2D eigenvalue weighted by Crippen LogP contribution is -2.52. The summed E-state index contributed by atoms with van der Waals surface area (Å²) in [6.07, 6.45) is 1.17. The lowest BCUT2D eigenvalue weighted by molar-refractivity contribution is -0.123. The number of hydrogen-bond acceptors (Lipinski definition) is 5. The van der Waals surface area contributed by atoms with Crippen LogP contribution < -0.4 is 9.64 Å². The summed E-state index contributed by atoms with van der Waals surface area (Å²) < 4.78 is 5.59. The molecule has 7 heteroatoms. The molecule has 31 heavy (non-hydrogen) atoms. The Morgan fingerprint density at radius 3 is 2.29 bits per heavy atom. The highest BCUT2D eigenvalue weighted by atomic mass is 35.5. The van der Waals surface area contributed by atoms with Gasteiger partial charge in [-0.25, -0.2) is 4.90 Å². The molecule has 0 N–H and O–H groups in total. The summed E-state index contributed by atoms with van der Waals surface area (Å²) in [6, 6.07) is 14.7. The van der Waals surface area contributed by atoms with Gasteiger partial charge in [-0.05, 0) is 48.4 Å². The molecule has 2 aromatic rings. The summed E-state index contributed by atoms with van der Waals surface area (Å²) in [5.74, 6) is 0.484. The van der Waals surface area contributed by atoms with Crippen molar-refractivity contribution in [2.24, 2.45) is 0 Å². The van der Waals surface area contributed by atoms with Crippen LogP contribution in [0.5, 0.6) is 5.75 Å². The van der Waals surface area contributed by atoms with Gasteiger partial charge in [-0.2, -0.15) is 0 Å². The van der Waals surface area contributed by atoms with Gasteiger partial charge in [0, 0.05) is 37.7 Å². The van der Waals surface area contributed by atoms with Crippen LogP contribution in [0.1, 0.15) is 25.3 Å². The normalized spacial score (nSPS) is 20.5. The average molecular weight is 442 g/mol. The van der Waals surface area contributed by atoms with E-state index in [4.69, 9.17) is 16.3 Å². The Balaban J connectivity index is 1.34. The molecule has 164 valence electrons. The van der Waals surface area contributed by atoms with Crippen LogP contribution in [0.3, 0.4) is 0 Å². The van der Waals surface area contributed by atoms with Gasteiger partial charge in [0.05, 0.1) is 24.8 Å². The fourth-order valence-electron chi connectivity index (χ4n) is 4.16. The second-order valence-electron chi connectivity index (χ2n) is 8.07. The molecular formula is C24H28ClN3O3. The van der Waals surface area contributed by atoms with E-state index < -0.39 is 0 Å². The van der Waals surface area contributed by atoms with E-state index >= 15 is 0 Å². The number of hydrogen-bond donors (Lipinski definition) is 0. The number of imide groups is 1. The molecule has 4 rings (SSSR count). The number of amides is 2. The van der Waals surface area contributed by atoms with E-state index in [0.717, 1.165) is 49.9 Å². The molecule has 2 amide bonds. The molecule has 1 atom stereocenters. The van der Waals surface area contributed by atoms with Crippen LogP contribution in [0.2, 0.25) is 5.02 Å². The number of nitrogens with zero attached hydrogens (tertiary/aromatic N) is 3. The van der Waals surface area contributed by atoms with Crippen LogP contribution in [0.4, 0.5) is 5.69 Å². The van der Waals surface area contributed by atoms with Crippen molar-refractivity contribution in [3.05, 3.63) is 59.1 Å². The van der Waals surface area contributed by atoms with E-state index in [-0.39, 0.29) is 24.3 Å². The van der Waals surface area contributed by atoms with Gasteiger partial charge >= 0.3 is 0 Å². The molecule has 2 fully saturated rings. The molecule has 2 aliphatic rings. The first-order valence-electron chi connectivity index (χ1n) is 10.9. The summed E-state index contributed by atoms with van der Waals surface area (Å²) in [6.45, 7) is 6.83. The highest BCUT2D eigenvalue weighted by Crippen LogP contribution is 2.28. The molecule has 0 bridgehead atoms. The number of carbonyl (C=O) groups is 2. The van der Waals surface area contributed by atoms with Gasteiger partial charge in [-0.15, -0.1) is 0 Å². The smallest absolute Gasteiger partial charge is 0.251 e. The van der Waals surface area contributed by atoms with Gasteiger partial charge in [0.1, 0.15) is 5.75 Å². The summed E-state index contributed by atoms with van der Waals surface area (Å²) in [4.78, 5) is 31.6. The van der Waals surface area contributed by atoms with Crippen molar-refractivity contribution >= 4 is 29.1 Å². The van der Waals surface area contributed by atoms with Crippen LogP contribution >= 0.6 is 11.6 Å². The minimum atomic E-state index is -0.374. The first-order valence-corrected chi connectivity index (χ1v) is 11.2. The Morgan fingerprint density at radius 2 is 1.65 bits per heavy atom. The summed E-state index contributed by atoms with van der Waals surface area (Å²) in [5, 5.41) is 0.741. The first-order chi connectivity index (χ1) is 15.0. The van der Waals surface area contributed by atoms with Crippen molar-refractivity contribution < 1.29 is 14.3 Å². The molecule has 2 aliphatic heterocycles. The van der Waals surface area contributed by atoms with Crippen LogP contribution in [0.15, 0.2) is 48.5 Å². The topological polar surface area (TPSA) is 53.1 Å². The van der Waals surface area contributed by atoms with Crippen molar-refractivity contribution in [2.75, 3.05) is 37.7 Å². The van der Waals surface area contributed by atoms with E-state index in [2.05, 4.69) is 9.80 Å². The highest BCUT2D eigenvalue weighted by molar-refractivity contribution is 6.30. The number of piperazine rings is 1. The Morgan fingerprint density at radius 1 is 0.968 bits per heavy atom. The van der Waals surface area contributed by atoms with E-state index in [9.17, 15) is 9.59 Å². The van der Waals surface area contributed by atoms with Crippen molar-refractivity contribution in [3.63, 3.8) is 0 Å². The quantitative estimate of drug-likeness (QED) is 0.615. The molecule has 0 spiro atoms. The zero-order valence-electron chi connectivity index (χ0n) is 17.8. The number of ether oxygens (including phenoxy) is 1. The monoisotopic (exact) mass is 441 g/mol. The van der Waals surface area contributed by atoms with Gasteiger partial charge in [-0.3, -0.25) is 19.4 Å². The summed E-state index contributed by atoms with van der Waals surface area (Å²) in [5.41, 5.74) is 1.84. The Labute approximate surface area is 188 Å². The fourth-order valence-corrected chi connectivity index (χ4v) is 4.29. The number of halogens is 1. The molecule has 2 heterocycles. The molecule has 0 saturated carbocycles. The SMILES string of the molecule is CCCOc1ccc(N2C(=O)CC(N3CCN(Cc4ccc(Cl)cc4)CC3)C2=O)cc1. The van der Waals surface area contributed by atoms with Gasteiger partial charge in [0.2, 0.25) is 5.91 Å². The van der Waals surface area contributed by atoms with Crippen LogP contribution in [-0.4, -0.2) is 60.4 Å². The minimum absolute atomic E-state index is 0.127. The third kappa shape index (κ3) is 5.09. The minimum Gasteiger partial charge on any atom is -0.494 e. The van der Waals surface area contributed by atoms with Crippen molar-refractivity contribution in [3.8, 4) is 5.75 Å². The Hall–Kier alpha value is -2.41. The van der Waals surface area contributed by atoms with Crippen LogP contribution in [-0.2, 0) is 16.1 Å². The third-order valence-corrected chi connectivity index (χ3v) is 6.11. The lowest BCUT2D eigenvalue weighted by atomic mass is 10.1. The summed E-state index contributed by atoms with van der Waals surface area (Å²) >= 11 is 5.97. The molecule has 2 aromatic carbocycles. The number of carbonyl (C=O) groups excluding carboxylic acids is 2. The zero-order chi connectivity index (χ0) is 21.8. The number of anilines is 1. The zero-order valence-corrected chi connectivity index (χ0v) is 18.6. The van der Waals surface area contributed by atoms with Gasteiger partial charge in [0.25, 0.3) is 5.91 Å². The number of rotatable bonds is 7. The maximum absolute atomic E-state index is 13.1. The fraction of sp³-hybridized carbons (Fsp3) is 0.417. The van der Waals surface area contributed by atoms with E-state index in [1.165, 1.54) is 10.5 Å². The van der Waals surface area contributed by atoms with Crippen LogP contribution in [0.25, 0.3) is 0 Å². The van der Waals surface area contributed by atoms with Crippen molar-refractivity contribution in [2.45, 2.75) is 32.4 Å². The molecule has 1 unspecified atom stereocenters. The van der Waals surface area contributed by atoms with E-state index in [1.807, 2.05) is 43.3 Å². The largest absolute Gasteiger partial charge is 0.494 e. The molecule has 0 aromatic heterocycles.